The van der Waals surface area contributed by atoms with Crippen molar-refractivity contribution in [3.63, 3.8) is 0 Å². The minimum absolute atomic E-state index is 0.0570. The minimum Gasteiger partial charge on any atom is -0.497 e. The highest BCUT2D eigenvalue weighted by Crippen LogP contribution is 2.24. The van der Waals surface area contributed by atoms with Crippen LogP contribution in [0.25, 0.3) is 10.2 Å². The Morgan fingerprint density at radius 3 is 2.47 bits per heavy atom. The molecule has 182 valence electrons. The van der Waals surface area contributed by atoms with Crippen molar-refractivity contribution in [3.8, 4) is 18.1 Å². The van der Waals surface area contributed by atoms with Gasteiger partial charge >= 0.3 is 0 Å². The van der Waals surface area contributed by atoms with Crippen LogP contribution in [0.3, 0.4) is 0 Å². The van der Waals surface area contributed by atoms with Crippen molar-refractivity contribution < 1.29 is 22.9 Å². The van der Waals surface area contributed by atoms with Crippen LogP contribution in [-0.4, -0.2) is 30.9 Å². The van der Waals surface area contributed by atoms with E-state index in [1.807, 2.05) is 0 Å². The average Bonchev–Trinajstić information content (AvgIpc) is 3.20. The molecule has 10 nitrogen and oxygen atoms in total. The zero-order valence-electron chi connectivity index (χ0n) is 18.7. The quantitative estimate of drug-likeness (QED) is 0.223. The monoisotopic (exact) mass is 522 g/mol. The number of anilines is 1. The van der Waals surface area contributed by atoms with Gasteiger partial charge in [0.05, 0.1) is 33.7 Å². The summed E-state index contributed by atoms with van der Waals surface area (Å²) in [5, 5.41) is 11.1. The van der Waals surface area contributed by atoms with Gasteiger partial charge in [0.1, 0.15) is 5.75 Å². The molecule has 36 heavy (non-hydrogen) atoms. The maximum Gasteiger partial charge on any atom is 0.279 e. The van der Waals surface area contributed by atoms with E-state index in [1.165, 1.54) is 67.8 Å². The standard InChI is InChI=1S/C24H18N4O6S2/c1-3-14-27-21-13-8-18(28(30)31)15-22(21)35-24(27)25-23(29)16-4-6-17(7-5-16)26-36(32,33)20-11-9-19(34-2)10-12-20/h1,4-13,15,26H,14H2,2H3. The van der Waals surface area contributed by atoms with Crippen molar-refractivity contribution in [2.24, 2.45) is 4.99 Å². The Morgan fingerprint density at radius 1 is 1.17 bits per heavy atom. The number of amides is 1. The Bertz CT molecular complexity index is 1680. The van der Waals surface area contributed by atoms with Crippen molar-refractivity contribution in [2.45, 2.75) is 11.4 Å². The molecule has 4 rings (SSSR count). The second-order valence-corrected chi connectivity index (χ2v) is 10.1. The number of non-ortho nitro benzene ring substituents is 1. The van der Waals surface area contributed by atoms with E-state index in [1.54, 1.807) is 10.6 Å². The largest absolute Gasteiger partial charge is 0.497 e. The Morgan fingerprint density at radius 2 is 1.86 bits per heavy atom. The fraction of sp³-hybridized carbons (Fsp3) is 0.0833. The number of nitro groups is 1. The number of nitrogens with one attached hydrogen (secondary N) is 1. The maximum atomic E-state index is 12.8. The van der Waals surface area contributed by atoms with Crippen LogP contribution in [0.2, 0.25) is 0 Å². The van der Waals surface area contributed by atoms with Crippen molar-refractivity contribution in [1.82, 2.24) is 4.57 Å². The van der Waals surface area contributed by atoms with Crippen LogP contribution in [0.1, 0.15) is 10.4 Å². The van der Waals surface area contributed by atoms with Gasteiger partial charge in [-0.15, -0.1) is 6.42 Å². The lowest BCUT2D eigenvalue weighted by molar-refractivity contribution is -0.384. The lowest BCUT2D eigenvalue weighted by Gasteiger charge is -2.09. The van der Waals surface area contributed by atoms with Crippen molar-refractivity contribution in [1.29, 1.82) is 0 Å². The molecule has 1 N–H and O–H groups in total. The number of benzene rings is 3. The normalized spacial score (nSPS) is 11.7. The fourth-order valence-electron chi connectivity index (χ4n) is 3.31. The van der Waals surface area contributed by atoms with Crippen LogP contribution in [0.15, 0.2) is 76.6 Å². The summed E-state index contributed by atoms with van der Waals surface area (Å²) in [6.07, 6.45) is 5.46. The van der Waals surface area contributed by atoms with E-state index >= 15 is 0 Å². The van der Waals surface area contributed by atoms with Gasteiger partial charge in [0.2, 0.25) is 0 Å². The zero-order valence-corrected chi connectivity index (χ0v) is 20.4. The number of fused-ring (bicyclic) bond motifs is 1. The number of sulfonamides is 1. The molecule has 0 saturated carbocycles. The third kappa shape index (κ3) is 5.12. The molecular weight excluding hydrogens is 504 g/mol. The van der Waals surface area contributed by atoms with E-state index < -0.39 is 20.9 Å². The predicted octanol–water partition coefficient (Wildman–Crippen LogP) is 3.79. The molecule has 0 bridgehead atoms. The molecule has 0 radical (unpaired) electrons. The molecule has 0 aliphatic heterocycles. The smallest absolute Gasteiger partial charge is 0.279 e. The molecule has 3 aromatic carbocycles. The molecular formula is C24H18N4O6S2. The summed E-state index contributed by atoms with van der Waals surface area (Å²) in [5.41, 5.74) is 1.03. The summed E-state index contributed by atoms with van der Waals surface area (Å²) in [6, 6.07) is 16.0. The number of rotatable bonds is 7. The van der Waals surface area contributed by atoms with Gasteiger partial charge < -0.3 is 9.30 Å². The summed E-state index contributed by atoms with van der Waals surface area (Å²) in [6.45, 7) is 0.121. The lowest BCUT2D eigenvalue weighted by atomic mass is 10.2. The Kier molecular flexibility index (Phi) is 6.86. The second-order valence-electron chi connectivity index (χ2n) is 7.36. The summed E-state index contributed by atoms with van der Waals surface area (Å²) in [7, 11) is -2.35. The van der Waals surface area contributed by atoms with Gasteiger partial charge in [0.25, 0.3) is 21.6 Å². The second kappa shape index (κ2) is 10.0. The highest BCUT2D eigenvalue weighted by atomic mass is 32.2. The number of carbonyl (C=O) groups excluding carboxylic acids is 1. The Labute approximate surface area is 209 Å². The van der Waals surface area contributed by atoms with Crippen molar-refractivity contribution in [3.05, 3.63) is 87.2 Å². The first-order chi connectivity index (χ1) is 17.2. The van der Waals surface area contributed by atoms with E-state index in [2.05, 4.69) is 15.6 Å². The first-order valence-electron chi connectivity index (χ1n) is 10.3. The molecule has 0 aliphatic carbocycles. The fourth-order valence-corrected chi connectivity index (χ4v) is 5.43. The number of ether oxygens (including phenoxy) is 1. The molecule has 0 fully saturated rings. The third-order valence-electron chi connectivity index (χ3n) is 5.08. The number of hydrogen-bond acceptors (Lipinski definition) is 7. The molecule has 4 aromatic rings. The average molecular weight is 523 g/mol. The number of carbonyl (C=O) groups is 1. The van der Waals surface area contributed by atoms with Crippen LogP contribution >= 0.6 is 11.3 Å². The van der Waals surface area contributed by atoms with Crippen molar-refractivity contribution >= 4 is 48.9 Å². The van der Waals surface area contributed by atoms with Gasteiger partial charge in [-0.1, -0.05) is 17.3 Å². The van der Waals surface area contributed by atoms with Crippen LogP contribution in [0.4, 0.5) is 11.4 Å². The highest BCUT2D eigenvalue weighted by Gasteiger charge is 2.16. The summed E-state index contributed by atoms with van der Waals surface area (Å²) in [4.78, 5) is 27.9. The summed E-state index contributed by atoms with van der Waals surface area (Å²) in [5.74, 6) is 2.45. The molecule has 1 aromatic heterocycles. The van der Waals surface area contributed by atoms with Crippen molar-refractivity contribution in [2.75, 3.05) is 11.8 Å². The molecule has 0 atom stereocenters. The molecule has 0 unspecified atom stereocenters. The van der Waals surface area contributed by atoms with E-state index in [0.717, 1.165) is 11.3 Å². The molecule has 1 amide bonds. The highest BCUT2D eigenvalue weighted by molar-refractivity contribution is 7.92. The van der Waals surface area contributed by atoms with E-state index in [4.69, 9.17) is 11.2 Å². The molecule has 0 spiro atoms. The molecule has 1 heterocycles. The first-order valence-corrected chi connectivity index (χ1v) is 12.6. The van der Waals surface area contributed by atoms with Crippen LogP contribution in [0.5, 0.6) is 5.75 Å². The Balaban J connectivity index is 1.60. The molecule has 0 saturated heterocycles. The van der Waals surface area contributed by atoms with E-state index in [0.29, 0.717) is 16.0 Å². The zero-order chi connectivity index (χ0) is 25.9. The van der Waals surface area contributed by atoms with Gasteiger partial charge in [-0.25, -0.2) is 8.42 Å². The number of methoxy groups -OCH3 is 1. The SMILES string of the molecule is C#CCn1c(=NC(=O)c2ccc(NS(=O)(=O)c3ccc(OC)cc3)cc2)sc2cc([N+](=O)[O-])ccc21. The Hall–Kier alpha value is -4.47. The molecule has 0 aliphatic rings. The topological polar surface area (TPSA) is 133 Å². The van der Waals surface area contributed by atoms with E-state index in [9.17, 15) is 23.3 Å². The lowest BCUT2D eigenvalue weighted by Crippen LogP contribution is -2.16. The third-order valence-corrected chi connectivity index (χ3v) is 7.52. The summed E-state index contributed by atoms with van der Waals surface area (Å²) < 4.78 is 34.9. The maximum absolute atomic E-state index is 12.8. The van der Waals surface area contributed by atoms with Crippen LogP contribution in [-0.2, 0) is 16.6 Å². The van der Waals surface area contributed by atoms with Crippen LogP contribution in [0, 0.1) is 22.5 Å². The number of thiazole rings is 1. The summed E-state index contributed by atoms with van der Waals surface area (Å²) >= 11 is 1.10. The van der Waals surface area contributed by atoms with Gasteiger partial charge in [-0.05, 0) is 54.6 Å². The van der Waals surface area contributed by atoms with Crippen LogP contribution < -0.4 is 14.3 Å². The molecule has 12 heteroatoms. The predicted molar refractivity (Wildman–Crippen MR) is 135 cm³/mol. The van der Waals surface area contributed by atoms with Gasteiger partial charge in [-0.2, -0.15) is 4.99 Å². The van der Waals surface area contributed by atoms with Gasteiger partial charge in [0.15, 0.2) is 4.80 Å². The number of aromatic nitrogens is 1. The van der Waals surface area contributed by atoms with E-state index in [-0.39, 0.29) is 33.2 Å². The number of nitrogens with zero attached hydrogens (tertiary/aromatic N) is 3. The number of terminal acetylenes is 1. The van der Waals surface area contributed by atoms with Gasteiger partial charge in [-0.3, -0.25) is 19.6 Å². The van der Waals surface area contributed by atoms with Gasteiger partial charge in [0, 0.05) is 23.4 Å². The minimum atomic E-state index is -3.84. The first kappa shape index (κ1) is 24.6. The number of hydrogen-bond donors (Lipinski definition) is 1. The number of nitro benzene ring substituents is 1.